The summed E-state index contributed by atoms with van der Waals surface area (Å²) in [7, 11) is 0. The van der Waals surface area contributed by atoms with E-state index in [-0.39, 0.29) is 12.2 Å². The molecule has 0 saturated heterocycles. The van der Waals surface area contributed by atoms with Crippen LogP contribution in [0.25, 0.3) is 11.3 Å². The van der Waals surface area contributed by atoms with Gasteiger partial charge < -0.3 is 0 Å². The average molecular weight is 265 g/mol. The van der Waals surface area contributed by atoms with E-state index >= 15 is 0 Å². The van der Waals surface area contributed by atoms with Gasteiger partial charge in [-0.1, -0.05) is 11.6 Å². The number of rotatable bonds is 3. The zero-order chi connectivity index (χ0) is 13.1. The van der Waals surface area contributed by atoms with Crippen molar-refractivity contribution < 1.29 is 9.18 Å². The minimum atomic E-state index is -0.410. The van der Waals surface area contributed by atoms with Gasteiger partial charge in [0.05, 0.1) is 12.1 Å². The van der Waals surface area contributed by atoms with Crippen molar-refractivity contribution in [2.24, 2.45) is 0 Å². The molecule has 2 aromatic rings. The van der Waals surface area contributed by atoms with Crippen molar-refractivity contribution in [3.63, 3.8) is 0 Å². The summed E-state index contributed by atoms with van der Waals surface area (Å²) < 4.78 is 13.7. The van der Waals surface area contributed by atoms with Crippen LogP contribution in [0, 0.1) is 5.82 Å². The Labute approximate surface area is 109 Å². The highest BCUT2D eigenvalue weighted by molar-refractivity contribution is 6.30. The molecule has 1 aromatic carbocycles. The number of ketones is 1. The highest BCUT2D eigenvalue weighted by atomic mass is 35.5. The lowest BCUT2D eigenvalue weighted by Gasteiger charge is -2.04. The fraction of sp³-hybridized carbons (Fsp3) is 0.154. The van der Waals surface area contributed by atoms with Gasteiger partial charge in [-0.05, 0) is 31.2 Å². The Bertz CT molecular complexity index is 601. The van der Waals surface area contributed by atoms with Gasteiger partial charge >= 0.3 is 0 Å². The molecule has 0 fully saturated rings. The summed E-state index contributed by atoms with van der Waals surface area (Å²) in [5.74, 6) is -0.0787. The van der Waals surface area contributed by atoms with E-state index in [0.29, 0.717) is 22.1 Å². The molecule has 0 saturated carbocycles. The molecule has 0 atom stereocenters. The van der Waals surface area contributed by atoms with Crippen molar-refractivity contribution in [2.75, 3.05) is 0 Å². The number of Topliss-reactive ketones (excluding diaryl/α,β-unsaturated/α-hetero) is 1. The smallest absolute Gasteiger partial charge is 0.137 e. The third-order valence-corrected chi connectivity index (χ3v) is 2.55. The first-order chi connectivity index (χ1) is 8.56. The van der Waals surface area contributed by atoms with Gasteiger partial charge in [-0.25, -0.2) is 14.4 Å². The lowest BCUT2D eigenvalue weighted by molar-refractivity contribution is -0.116. The minimum Gasteiger partial charge on any atom is -0.300 e. The second-order valence-electron chi connectivity index (χ2n) is 3.86. The average Bonchev–Trinajstić information content (AvgIpc) is 2.32. The number of halogens is 2. The summed E-state index contributed by atoms with van der Waals surface area (Å²) in [6.45, 7) is 1.45. The van der Waals surface area contributed by atoms with Gasteiger partial charge in [0.15, 0.2) is 0 Å². The molecule has 18 heavy (non-hydrogen) atoms. The largest absolute Gasteiger partial charge is 0.300 e. The van der Waals surface area contributed by atoms with E-state index in [1.807, 2.05) is 0 Å². The topological polar surface area (TPSA) is 42.9 Å². The molecule has 0 amide bonds. The molecule has 1 heterocycles. The van der Waals surface area contributed by atoms with Crippen molar-refractivity contribution in [1.29, 1.82) is 0 Å². The Kier molecular flexibility index (Phi) is 3.67. The summed E-state index contributed by atoms with van der Waals surface area (Å²) in [6, 6.07) is 5.83. The molecule has 0 aliphatic carbocycles. The molecule has 5 heteroatoms. The number of carbonyl (C=O) groups excluding carboxylic acids is 1. The van der Waals surface area contributed by atoms with Crippen LogP contribution < -0.4 is 0 Å². The van der Waals surface area contributed by atoms with Crippen LogP contribution in [0.3, 0.4) is 0 Å². The van der Waals surface area contributed by atoms with Crippen LogP contribution in [0.4, 0.5) is 4.39 Å². The van der Waals surface area contributed by atoms with Crippen LogP contribution in [0.15, 0.2) is 30.5 Å². The van der Waals surface area contributed by atoms with Crippen molar-refractivity contribution in [3.05, 3.63) is 47.1 Å². The van der Waals surface area contributed by atoms with E-state index in [0.717, 1.165) is 0 Å². The molecule has 0 aliphatic heterocycles. The zero-order valence-corrected chi connectivity index (χ0v) is 10.4. The zero-order valence-electron chi connectivity index (χ0n) is 9.65. The molecule has 3 nitrogen and oxygen atoms in total. The molecular weight excluding hydrogens is 255 g/mol. The molecule has 0 N–H and O–H groups in total. The first kappa shape index (κ1) is 12.6. The molecule has 92 valence electrons. The second kappa shape index (κ2) is 5.23. The van der Waals surface area contributed by atoms with Crippen molar-refractivity contribution in [2.45, 2.75) is 13.3 Å². The van der Waals surface area contributed by atoms with E-state index in [4.69, 9.17) is 11.6 Å². The van der Waals surface area contributed by atoms with Gasteiger partial charge in [0, 0.05) is 16.8 Å². The molecule has 1 aromatic heterocycles. The predicted molar refractivity (Wildman–Crippen MR) is 66.8 cm³/mol. The van der Waals surface area contributed by atoms with Gasteiger partial charge in [0.25, 0.3) is 0 Å². The van der Waals surface area contributed by atoms with E-state index in [9.17, 15) is 9.18 Å². The Morgan fingerprint density at radius 1 is 1.39 bits per heavy atom. The van der Waals surface area contributed by atoms with Crippen LogP contribution in [-0.2, 0) is 11.2 Å². The molecule has 2 rings (SSSR count). The fourth-order valence-electron chi connectivity index (χ4n) is 1.55. The second-order valence-corrected chi connectivity index (χ2v) is 4.30. The van der Waals surface area contributed by atoms with Crippen molar-refractivity contribution >= 4 is 17.4 Å². The van der Waals surface area contributed by atoms with E-state index in [1.54, 1.807) is 6.07 Å². The normalized spacial score (nSPS) is 10.4. The lowest BCUT2D eigenvalue weighted by Crippen LogP contribution is -2.03. The number of hydrogen-bond acceptors (Lipinski definition) is 3. The Morgan fingerprint density at radius 3 is 2.89 bits per heavy atom. The highest BCUT2D eigenvalue weighted by Crippen LogP contribution is 2.24. The Hall–Kier alpha value is -1.81. The van der Waals surface area contributed by atoms with Gasteiger partial charge in [0.1, 0.15) is 17.4 Å². The van der Waals surface area contributed by atoms with Crippen LogP contribution in [0.2, 0.25) is 5.02 Å². The standard InChI is InChI=1S/C13H10ClFN2O/c1-8(18)6-13-16-5-4-12(17-13)10-7-9(14)2-3-11(10)15/h2-5,7H,6H2,1H3. The number of benzene rings is 1. The number of nitrogens with zero attached hydrogens (tertiary/aromatic N) is 2. The monoisotopic (exact) mass is 264 g/mol. The van der Waals surface area contributed by atoms with Crippen molar-refractivity contribution in [3.8, 4) is 11.3 Å². The maximum atomic E-state index is 13.7. The number of hydrogen-bond donors (Lipinski definition) is 0. The number of carbonyl (C=O) groups is 1. The molecule has 0 bridgehead atoms. The van der Waals surface area contributed by atoms with Gasteiger partial charge in [-0.3, -0.25) is 4.79 Å². The molecule has 0 aliphatic rings. The predicted octanol–water partition coefficient (Wildman–Crippen LogP) is 3.07. The molecule has 0 unspecified atom stereocenters. The maximum absolute atomic E-state index is 13.7. The Morgan fingerprint density at radius 2 is 2.17 bits per heavy atom. The first-order valence-corrected chi connectivity index (χ1v) is 5.71. The van der Waals surface area contributed by atoms with Crippen LogP contribution in [0.5, 0.6) is 0 Å². The molecule has 0 radical (unpaired) electrons. The summed E-state index contributed by atoms with van der Waals surface area (Å²) >= 11 is 5.83. The molecular formula is C13H10ClFN2O. The van der Waals surface area contributed by atoms with Crippen LogP contribution in [-0.4, -0.2) is 15.8 Å². The highest BCUT2D eigenvalue weighted by Gasteiger charge is 2.09. The van der Waals surface area contributed by atoms with Gasteiger partial charge in [0.2, 0.25) is 0 Å². The third kappa shape index (κ3) is 2.90. The molecule has 0 spiro atoms. The minimum absolute atomic E-state index is 0.0429. The summed E-state index contributed by atoms with van der Waals surface area (Å²) in [6.07, 6.45) is 1.64. The number of aromatic nitrogens is 2. The maximum Gasteiger partial charge on any atom is 0.137 e. The summed E-state index contributed by atoms with van der Waals surface area (Å²) in [5, 5.41) is 0.429. The SMILES string of the molecule is CC(=O)Cc1nccc(-c2cc(Cl)ccc2F)n1. The van der Waals surface area contributed by atoms with Crippen molar-refractivity contribution in [1.82, 2.24) is 9.97 Å². The first-order valence-electron chi connectivity index (χ1n) is 5.33. The van der Waals surface area contributed by atoms with E-state index in [2.05, 4.69) is 9.97 Å². The van der Waals surface area contributed by atoms with Gasteiger partial charge in [-0.2, -0.15) is 0 Å². The van der Waals surface area contributed by atoms with Gasteiger partial charge in [-0.15, -0.1) is 0 Å². The Balaban J connectivity index is 2.44. The quantitative estimate of drug-likeness (QED) is 0.856. The van der Waals surface area contributed by atoms with E-state index in [1.165, 1.54) is 31.3 Å². The fourth-order valence-corrected chi connectivity index (χ4v) is 1.72. The van der Waals surface area contributed by atoms with Crippen LogP contribution >= 0.6 is 11.6 Å². The lowest BCUT2D eigenvalue weighted by atomic mass is 10.1. The third-order valence-electron chi connectivity index (χ3n) is 2.32. The summed E-state index contributed by atoms with van der Waals surface area (Å²) in [5.41, 5.74) is 0.718. The van der Waals surface area contributed by atoms with Crippen LogP contribution in [0.1, 0.15) is 12.7 Å². The van der Waals surface area contributed by atoms with E-state index < -0.39 is 5.82 Å². The summed E-state index contributed by atoms with van der Waals surface area (Å²) in [4.78, 5) is 19.1.